The molecule has 140 valence electrons. The van der Waals surface area contributed by atoms with Crippen molar-refractivity contribution in [3.05, 3.63) is 71.5 Å². The zero-order chi connectivity index (χ0) is 17.9. The molecule has 0 saturated heterocycles. The van der Waals surface area contributed by atoms with Crippen molar-refractivity contribution < 1.29 is 9.18 Å². The summed E-state index contributed by atoms with van der Waals surface area (Å²) in [4.78, 5) is 16.0. The molecule has 0 aromatic heterocycles. The van der Waals surface area contributed by atoms with Crippen LogP contribution in [0.25, 0.3) is 0 Å². The van der Waals surface area contributed by atoms with Gasteiger partial charge in [-0.2, -0.15) is 0 Å². The Labute approximate surface area is 170 Å². The summed E-state index contributed by atoms with van der Waals surface area (Å²) in [6.07, 6.45) is 0.351. The number of hydrogen-bond donors (Lipinski definition) is 3. The van der Waals surface area contributed by atoms with Gasteiger partial charge in [0.25, 0.3) is 0 Å². The van der Waals surface area contributed by atoms with Gasteiger partial charge in [0.1, 0.15) is 5.82 Å². The van der Waals surface area contributed by atoms with Crippen LogP contribution in [0.3, 0.4) is 0 Å². The maximum absolute atomic E-state index is 12.9. The average Bonchev–Trinajstić information content (AvgIpc) is 2.65. The van der Waals surface area contributed by atoms with E-state index >= 15 is 0 Å². The van der Waals surface area contributed by atoms with Gasteiger partial charge in [-0.25, -0.2) is 4.39 Å². The summed E-state index contributed by atoms with van der Waals surface area (Å²) in [7, 11) is 1.66. The molecule has 0 aliphatic heterocycles. The minimum Gasteiger partial charge on any atom is -0.356 e. The Kier molecular flexibility index (Phi) is 10.3. The van der Waals surface area contributed by atoms with Crippen LogP contribution < -0.4 is 16.0 Å². The quantitative estimate of drug-likeness (QED) is 0.332. The Bertz CT molecular complexity index is 692. The van der Waals surface area contributed by atoms with E-state index in [2.05, 4.69) is 20.9 Å². The molecule has 0 atom stereocenters. The number of hydrogen-bond acceptors (Lipinski definition) is 2. The fourth-order valence-electron chi connectivity index (χ4n) is 2.19. The normalized spacial score (nSPS) is 10.6. The maximum atomic E-state index is 12.9. The van der Waals surface area contributed by atoms with E-state index in [-0.39, 0.29) is 35.7 Å². The van der Waals surface area contributed by atoms with Crippen molar-refractivity contribution in [2.75, 3.05) is 13.6 Å². The van der Waals surface area contributed by atoms with Crippen LogP contribution in [0.5, 0.6) is 0 Å². The monoisotopic (exact) mass is 470 g/mol. The number of rotatable bonds is 7. The minimum atomic E-state index is -0.257. The lowest BCUT2D eigenvalue weighted by molar-refractivity contribution is -0.121. The van der Waals surface area contributed by atoms with Crippen molar-refractivity contribution in [2.45, 2.75) is 19.5 Å². The van der Waals surface area contributed by atoms with Gasteiger partial charge < -0.3 is 16.0 Å². The molecule has 0 radical (unpaired) electrons. The predicted molar refractivity (Wildman–Crippen MR) is 113 cm³/mol. The highest BCUT2D eigenvalue weighted by atomic mass is 127. The van der Waals surface area contributed by atoms with Crippen LogP contribution in [-0.2, 0) is 17.9 Å². The van der Waals surface area contributed by atoms with Gasteiger partial charge in [-0.15, -0.1) is 24.0 Å². The molecule has 0 fully saturated rings. The molecule has 0 spiro atoms. The van der Waals surface area contributed by atoms with E-state index < -0.39 is 0 Å². The zero-order valence-corrected chi connectivity index (χ0v) is 17.0. The molecule has 2 aromatic carbocycles. The summed E-state index contributed by atoms with van der Waals surface area (Å²) in [6, 6.07) is 16.0. The Morgan fingerprint density at radius 3 is 2.19 bits per heavy atom. The number of amides is 1. The number of nitrogens with one attached hydrogen (secondary N) is 3. The molecule has 3 N–H and O–H groups in total. The summed E-state index contributed by atoms with van der Waals surface area (Å²) in [5, 5.41) is 9.08. The van der Waals surface area contributed by atoms with Crippen LogP contribution in [0.4, 0.5) is 4.39 Å². The van der Waals surface area contributed by atoms with Crippen LogP contribution in [0, 0.1) is 5.82 Å². The molecule has 7 heteroatoms. The second kappa shape index (κ2) is 12.2. The first-order valence-corrected chi connectivity index (χ1v) is 8.17. The largest absolute Gasteiger partial charge is 0.356 e. The van der Waals surface area contributed by atoms with E-state index in [1.54, 1.807) is 19.2 Å². The number of nitrogens with zero attached hydrogens (tertiary/aromatic N) is 1. The molecule has 0 aliphatic carbocycles. The zero-order valence-electron chi connectivity index (χ0n) is 14.7. The van der Waals surface area contributed by atoms with Crippen molar-refractivity contribution in [3.8, 4) is 0 Å². The Morgan fingerprint density at radius 2 is 1.54 bits per heavy atom. The Hall–Kier alpha value is -2.16. The Balaban J connectivity index is 0.00000338. The smallest absolute Gasteiger partial charge is 0.222 e. The summed E-state index contributed by atoms with van der Waals surface area (Å²) in [6.45, 7) is 1.53. The molecular formula is C19H24FIN4O. The number of guanidine groups is 1. The summed E-state index contributed by atoms with van der Waals surface area (Å²) < 4.78 is 12.9. The van der Waals surface area contributed by atoms with Gasteiger partial charge in [0, 0.05) is 33.1 Å². The van der Waals surface area contributed by atoms with Gasteiger partial charge >= 0.3 is 0 Å². The molecule has 26 heavy (non-hydrogen) atoms. The number of aliphatic imine (C=N–C) groups is 1. The molecular weight excluding hydrogens is 446 g/mol. The van der Waals surface area contributed by atoms with Gasteiger partial charge in [0.05, 0.1) is 0 Å². The highest BCUT2D eigenvalue weighted by Crippen LogP contribution is 2.02. The van der Waals surface area contributed by atoms with Crippen molar-refractivity contribution in [2.24, 2.45) is 4.99 Å². The Morgan fingerprint density at radius 1 is 0.923 bits per heavy atom. The van der Waals surface area contributed by atoms with Gasteiger partial charge in [-0.3, -0.25) is 9.79 Å². The van der Waals surface area contributed by atoms with Crippen molar-refractivity contribution in [1.82, 2.24) is 16.0 Å². The van der Waals surface area contributed by atoms with Crippen LogP contribution in [0.1, 0.15) is 17.5 Å². The molecule has 2 aromatic rings. The van der Waals surface area contributed by atoms with Gasteiger partial charge in [-0.1, -0.05) is 42.5 Å². The van der Waals surface area contributed by atoms with E-state index in [0.717, 1.165) is 11.1 Å². The predicted octanol–water partition coefficient (Wildman–Crippen LogP) is 2.82. The highest BCUT2D eigenvalue weighted by Gasteiger charge is 2.03. The third-order valence-electron chi connectivity index (χ3n) is 3.57. The molecule has 0 unspecified atom stereocenters. The molecule has 1 amide bonds. The van der Waals surface area contributed by atoms with E-state index in [4.69, 9.17) is 0 Å². The first-order valence-electron chi connectivity index (χ1n) is 8.17. The van der Waals surface area contributed by atoms with Gasteiger partial charge in [0.2, 0.25) is 5.91 Å². The maximum Gasteiger partial charge on any atom is 0.222 e. The molecule has 0 saturated carbocycles. The lowest BCUT2D eigenvalue weighted by Crippen LogP contribution is -2.38. The molecule has 5 nitrogen and oxygen atoms in total. The number of carbonyl (C=O) groups excluding carboxylic acids is 1. The average molecular weight is 470 g/mol. The highest BCUT2D eigenvalue weighted by molar-refractivity contribution is 14.0. The lowest BCUT2D eigenvalue weighted by Gasteiger charge is -2.12. The van der Waals surface area contributed by atoms with Gasteiger partial charge in [0.15, 0.2) is 5.96 Å². The van der Waals surface area contributed by atoms with E-state index in [9.17, 15) is 9.18 Å². The third kappa shape index (κ3) is 8.28. The minimum absolute atomic E-state index is 0. The molecule has 0 bridgehead atoms. The fourth-order valence-corrected chi connectivity index (χ4v) is 2.19. The molecule has 0 heterocycles. The molecule has 2 rings (SSSR count). The third-order valence-corrected chi connectivity index (χ3v) is 3.57. The number of benzene rings is 2. The fraction of sp³-hybridized carbons (Fsp3) is 0.263. The second-order valence-electron chi connectivity index (χ2n) is 5.49. The standard InChI is InChI=1S/C19H23FN4O.HI/c1-21-19(24-14-16-7-9-17(20)10-8-16)22-12-11-18(25)23-13-15-5-3-2-4-6-15;/h2-10H,11-14H2,1H3,(H,23,25)(H2,21,22,24);1H. The van der Waals surface area contributed by atoms with Gasteiger partial charge in [-0.05, 0) is 23.3 Å². The van der Waals surface area contributed by atoms with Crippen molar-refractivity contribution in [1.29, 1.82) is 0 Å². The SMILES string of the molecule is CN=C(NCCC(=O)NCc1ccccc1)NCc1ccc(F)cc1.I. The van der Waals surface area contributed by atoms with E-state index in [0.29, 0.717) is 32.0 Å². The van der Waals surface area contributed by atoms with Crippen LogP contribution in [0.15, 0.2) is 59.6 Å². The topological polar surface area (TPSA) is 65.5 Å². The van der Waals surface area contributed by atoms with Crippen molar-refractivity contribution in [3.63, 3.8) is 0 Å². The van der Waals surface area contributed by atoms with E-state index in [1.807, 2.05) is 30.3 Å². The van der Waals surface area contributed by atoms with Crippen LogP contribution in [0.2, 0.25) is 0 Å². The number of halogens is 2. The first-order chi connectivity index (χ1) is 12.2. The second-order valence-corrected chi connectivity index (χ2v) is 5.49. The summed E-state index contributed by atoms with van der Waals surface area (Å²) in [5.74, 6) is 0.318. The first kappa shape index (κ1) is 21.9. The van der Waals surface area contributed by atoms with Crippen molar-refractivity contribution >= 4 is 35.8 Å². The summed E-state index contributed by atoms with van der Waals surface area (Å²) >= 11 is 0. The lowest BCUT2D eigenvalue weighted by atomic mass is 10.2. The number of carbonyl (C=O) groups is 1. The van der Waals surface area contributed by atoms with Crippen LogP contribution in [-0.4, -0.2) is 25.5 Å². The molecule has 0 aliphatic rings. The van der Waals surface area contributed by atoms with Crippen LogP contribution >= 0.6 is 24.0 Å². The summed E-state index contributed by atoms with van der Waals surface area (Å²) in [5.41, 5.74) is 2.02. The van der Waals surface area contributed by atoms with E-state index in [1.165, 1.54) is 12.1 Å².